The maximum atomic E-state index is 13.0. The minimum absolute atomic E-state index is 0.0177. The lowest BCUT2D eigenvalue weighted by atomic mass is 10.1. The highest BCUT2D eigenvalue weighted by atomic mass is 32.2. The molecule has 170 valence electrons. The zero-order chi connectivity index (χ0) is 23.6. The second-order valence-corrected chi connectivity index (χ2v) is 9.06. The quantitative estimate of drug-likeness (QED) is 0.394. The van der Waals surface area contributed by atoms with Gasteiger partial charge in [-0.05, 0) is 48.9 Å². The van der Waals surface area contributed by atoms with Gasteiger partial charge in [-0.25, -0.2) is 18.4 Å². The molecule has 0 unspecified atom stereocenters. The average Bonchev–Trinajstić information content (AvgIpc) is 2.77. The van der Waals surface area contributed by atoms with Gasteiger partial charge in [-0.1, -0.05) is 42.0 Å². The molecular weight excluding hydrogens is 453 g/mol. The van der Waals surface area contributed by atoms with Gasteiger partial charge >= 0.3 is 6.18 Å². The lowest BCUT2D eigenvalue weighted by Gasteiger charge is -2.14. The maximum absolute atomic E-state index is 13.0. The topological polar surface area (TPSA) is 84.0 Å². The Kier molecular flexibility index (Phi) is 5.94. The van der Waals surface area contributed by atoms with Crippen molar-refractivity contribution in [2.24, 2.45) is 0 Å². The molecule has 10 heteroatoms. The van der Waals surface area contributed by atoms with Gasteiger partial charge in [0.1, 0.15) is 0 Å². The zero-order valence-electron chi connectivity index (χ0n) is 17.4. The van der Waals surface area contributed by atoms with Crippen molar-refractivity contribution < 1.29 is 21.6 Å². The van der Waals surface area contributed by atoms with E-state index >= 15 is 0 Å². The lowest BCUT2D eigenvalue weighted by molar-refractivity contribution is -0.137. The SMILES string of the molecule is Cc1ccc(S(=O)(=O)Nc2nc3ccccc3nc2NCc2cccc(C(F)(F)F)c2)cc1. The van der Waals surface area contributed by atoms with E-state index in [0.29, 0.717) is 16.6 Å². The van der Waals surface area contributed by atoms with Crippen molar-refractivity contribution in [3.63, 3.8) is 0 Å². The summed E-state index contributed by atoms with van der Waals surface area (Å²) in [7, 11) is -3.97. The van der Waals surface area contributed by atoms with Crippen LogP contribution in [0.3, 0.4) is 0 Å². The monoisotopic (exact) mass is 472 g/mol. The van der Waals surface area contributed by atoms with Gasteiger partial charge in [0.15, 0.2) is 11.6 Å². The Bertz CT molecular complexity index is 1410. The van der Waals surface area contributed by atoms with E-state index in [9.17, 15) is 21.6 Å². The number of nitrogens with one attached hydrogen (secondary N) is 2. The number of nitrogens with zero attached hydrogens (tertiary/aromatic N) is 2. The molecule has 0 saturated heterocycles. The molecule has 0 saturated carbocycles. The fourth-order valence-electron chi connectivity index (χ4n) is 3.14. The van der Waals surface area contributed by atoms with E-state index in [2.05, 4.69) is 20.0 Å². The van der Waals surface area contributed by atoms with Crippen LogP contribution in [-0.4, -0.2) is 18.4 Å². The highest BCUT2D eigenvalue weighted by Gasteiger charge is 2.30. The van der Waals surface area contributed by atoms with Crippen LogP contribution in [0.15, 0.2) is 77.7 Å². The third-order valence-corrected chi connectivity index (χ3v) is 6.20. The number of hydrogen-bond donors (Lipinski definition) is 2. The van der Waals surface area contributed by atoms with Crippen molar-refractivity contribution in [2.75, 3.05) is 10.0 Å². The van der Waals surface area contributed by atoms with Gasteiger partial charge in [0, 0.05) is 6.54 Å². The second-order valence-electron chi connectivity index (χ2n) is 7.38. The third kappa shape index (κ3) is 5.23. The molecular formula is C23H19F3N4O2S. The summed E-state index contributed by atoms with van der Waals surface area (Å²) in [4.78, 5) is 8.86. The van der Waals surface area contributed by atoms with Crippen LogP contribution in [0.2, 0.25) is 0 Å². The Morgan fingerprint density at radius 2 is 1.48 bits per heavy atom. The number of aromatic nitrogens is 2. The normalized spacial score (nSPS) is 12.0. The third-order valence-electron chi connectivity index (χ3n) is 4.85. The number of sulfonamides is 1. The van der Waals surface area contributed by atoms with Gasteiger partial charge in [0.25, 0.3) is 10.0 Å². The Balaban J connectivity index is 1.67. The highest BCUT2D eigenvalue weighted by molar-refractivity contribution is 7.92. The first-order valence-electron chi connectivity index (χ1n) is 9.88. The van der Waals surface area contributed by atoms with E-state index in [-0.39, 0.29) is 23.1 Å². The summed E-state index contributed by atoms with van der Waals surface area (Å²) in [6.07, 6.45) is -4.46. The minimum atomic E-state index is -4.46. The molecule has 2 N–H and O–H groups in total. The molecule has 0 bridgehead atoms. The van der Waals surface area contributed by atoms with E-state index in [0.717, 1.165) is 17.7 Å². The van der Waals surface area contributed by atoms with Gasteiger partial charge in [-0.3, -0.25) is 4.72 Å². The fraction of sp³-hybridized carbons (Fsp3) is 0.130. The number of anilines is 2. The molecule has 0 spiro atoms. The molecule has 0 amide bonds. The number of fused-ring (bicyclic) bond motifs is 1. The number of hydrogen-bond acceptors (Lipinski definition) is 5. The Morgan fingerprint density at radius 1 is 0.848 bits per heavy atom. The van der Waals surface area contributed by atoms with E-state index in [1.54, 1.807) is 36.4 Å². The van der Waals surface area contributed by atoms with Gasteiger partial charge in [0.2, 0.25) is 0 Å². The summed E-state index contributed by atoms with van der Waals surface area (Å²) in [5.74, 6) is 0.0445. The van der Waals surface area contributed by atoms with E-state index < -0.39 is 21.8 Å². The predicted octanol–water partition coefficient (Wildman–Crippen LogP) is 5.37. The summed E-state index contributed by atoms with van der Waals surface area (Å²) in [5, 5.41) is 2.92. The summed E-state index contributed by atoms with van der Waals surface area (Å²) in [5.41, 5.74) is 1.45. The minimum Gasteiger partial charge on any atom is -0.363 e. The molecule has 0 radical (unpaired) electrons. The molecule has 33 heavy (non-hydrogen) atoms. The number of benzene rings is 3. The highest BCUT2D eigenvalue weighted by Crippen LogP contribution is 2.30. The van der Waals surface area contributed by atoms with Crippen molar-refractivity contribution in [2.45, 2.75) is 24.5 Å². The molecule has 0 atom stereocenters. The Labute approximate surface area is 188 Å². The van der Waals surface area contributed by atoms with Crippen LogP contribution in [-0.2, 0) is 22.7 Å². The summed E-state index contributed by atoms with van der Waals surface area (Å²) >= 11 is 0. The van der Waals surface area contributed by atoms with Crippen molar-refractivity contribution >= 4 is 32.7 Å². The average molecular weight is 472 g/mol. The molecule has 4 aromatic rings. The number of aryl methyl sites for hydroxylation is 1. The smallest absolute Gasteiger partial charge is 0.363 e. The van der Waals surface area contributed by atoms with Crippen LogP contribution in [0.25, 0.3) is 11.0 Å². The summed E-state index contributed by atoms with van der Waals surface area (Å²) in [6.45, 7) is 1.82. The molecule has 1 heterocycles. The molecule has 6 nitrogen and oxygen atoms in total. The molecule has 0 aliphatic carbocycles. The first-order chi connectivity index (χ1) is 15.6. The van der Waals surface area contributed by atoms with E-state index in [1.807, 2.05) is 6.92 Å². The van der Waals surface area contributed by atoms with E-state index in [4.69, 9.17) is 0 Å². The largest absolute Gasteiger partial charge is 0.416 e. The van der Waals surface area contributed by atoms with Crippen molar-refractivity contribution in [1.29, 1.82) is 0 Å². The second kappa shape index (κ2) is 8.70. The molecule has 3 aromatic carbocycles. The van der Waals surface area contributed by atoms with Crippen LogP contribution < -0.4 is 10.0 Å². The lowest BCUT2D eigenvalue weighted by Crippen LogP contribution is -2.16. The maximum Gasteiger partial charge on any atom is 0.416 e. The van der Waals surface area contributed by atoms with Gasteiger partial charge in [0.05, 0.1) is 21.5 Å². The number of halogens is 3. The van der Waals surface area contributed by atoms with Crippen molar-refractivity contribution in [3.05, 3.63) is 89.5 Å². The number of para-hydroxylation sites is 2. The standard InChI is InChI=1S/C23H19F3N4O2S/c1-15-9-11-18(12-10-15)33(31,32)30-22-21(28-19-7-2-3-8-20(19)29-22)27-14-16-5-4-6-17(13-16)23(24,25)26/h2-13H,14H2,1H3,(H,27,28)(H,29,30). The van der Waals surface area contributed by atoms with Crippen LogP contribution in [0.4, 0.5) is 24.8 Å². The van der Waals surface area contributed by atoms with Crippen molar-refractivity contribution in [1.82, 2.24) is 9.97 Å². The zero-order valence-corrected chi connectivity index (χ0v) is 18.2. The Hall–Kier alpha value is -3.66. The summed E-state index contributed by atoms with van der Waals surface area (Å²) < 4.78 is 67.3. The number of rotatable bonds is 6. The predicted molar refractivity (Wildman–Crippen MR) is 120 cm³/mol. The first-order valence-corrected chi connectivity index (χ1v) is 11.4. The van der Waals surface area contributed by atoms with Gasteiger partial charge < -0.3 is 5.32 Å². The molecule has 4 rings (SSSR count). The summed E-state index contributed by atoms with van der Waals surface area (Å²) in [6, 6.07) is 18.0. The van der Waals surface area contributed by atoms with Crippen LogP contribution >= 0.6 is 0 Å². The molecule has 0 aliphatic heterocycles. The number of alkyl halides is 3. The molecule has 1 aromatic heterocycles. The van der Waals surface area contributed by atoms with Crippen LogP contribution in [0.1, 0.15) is 16.7 Å². The fourth-order valence-corrected chi connectivity index (χ4v) is 4.15. The van der Waals surface area contributed by atoms with Crippen molar-refractivity contribution in [3.8, 4) is 0 Å². The van der Waals surface area contributed by atoms with Crippen LogP contribution in [0, 0.1) is 6.92 Å². The van der Waals surface area contributed by atoms with Crippen LogP contribution in [0.5, 0.6) is 0 Å². The first kappa shape index (κ1) is 22.5. The molecule has 0 fully saturated rings. The molecule has 0 aliphatic rings. The van der Waals surface area contributed by atoms with Gasteiger partial charge in [-0.15, -0.1) is 0 Å². The van der Waals surface area contributed by atoms with E-state index in [1.165, 1.54) is 24.3 Å². The Morgan fingerprint density at radius 3 is 2.12 bits per heavy atom. The van der Waals surface area contributed by atoms with Gasteiger partial charge in [-0.2, -0.15) is 13.2 Å².